The molecule has 0 aromatic heterocycles. The maximum atomic E-state index is 11.8. The van der Waals surface area contributed by atoms with E-state index >= 15 is 0 Å². The van der Waals surface area contributed by atoms with Crippen molar-refractivity contribution in [3.05, 3.63) is 28.7 Å². The van der Waals surface area contributed by atoms with E-state index < -0.39 is 0 Å². The van der Waals surface area contributed by atoms with E-state index in [-0.39, 0.29) is 12.2 Å². The van der Waals surface area contributed by atoms with E-state index in [1.807, 2.05) is 24.3 Å². The Morgan fingerprint density at radius 1 is 1.47 bits per heavy atom. The number of ether oxygens (including phenoxy) is 1. The first kappa shape index (κ1) is 12.4. The van der Waals surface area contributed by atoms with E-state index in [1.54, 1.807) is 4.90 Å². The molecule has 0 radical (unpaired) electrons. The fourth-order valence-corrected chi connectivity index (χ4v) is 2.38. The summed E-state index contributed by atoms with van der Waals surface area (Å²) in [4.78, 5) is 13.4. The number of hydrogen-bond acceptors (Lipinski definition) is 3. The third-order valence-electron chi connectivity index (χ3n) is 2.75. The Hall–Kier alpha value is -1.07. The predicted octanol–water partition coefficient (Wildman–Crippen LogP) is 2.51. The Kier molecular flexibility index (Phi) is 4.02. The van der Waals surface area contributed by atoms with Gasteiger partial charge in [0.25, 0.3) is 0 Å². The number of para-hydroxylation sites is 1. The van der Waals surface area contributed by atoms with Gasteiger partial charge < -0.3 is 10.5 Å². The molecular weight excluding hydrogens is 284 g/mol. The molecule has 1 aromatic carbocycles. The van der Waals surface area contributed by atoms with E-state index in [0.717, 1.165) is 23.0 Å². The zero-order valence-corrected chi connectivity index (χ0v) is 11.0. The molecular formula is C12H15BrN2O2. The van der Waals surface area contributed by atoms with E-state index in [4.69, 9.17) is 10.5 Å². The van der Waals surface area contributed by atoms with Crippen molar-refractivity contribution < 1.29 is 9.53 Å². The minimum Gasteiger partial charge on any atom is -0.444 e. The van der Waals surface area contributed by atoms with Crippen molar-refractivity contribution in [2.24, 2.45) is 5.73 Å². The number of rotatable bonds is 4. The Bertz CT molecular complexity index is 411. The lowest BCUT2D eigenvalue weighted by atomic mass is 10.2. The van der Waals surface area contributed by atoms with Crippen molar-refractivity contribution in [3.8, 4) is 0 Å². The molecule has 1 aliphatic rings. The number of carbonyl (C=O) groups is 1. The molecule has 0 saturated carbocycles. The predicted molar refractivity (Wildman–Crippen MR) is 70.0 cm³/mol. The number of nitrogens with two attached hydrogens (primary N) is 1. The van der Waals surface area contributed by atoms with E-state index in [0.29, 0.717) is 13.1 Å². The molecule has 0 aliphatic carbocycles. The fraction of sp³-hybridized carbons (Fsp3) is 0.417. The average molecular weight is 299 g/mol. The van der Waals surface area contributed by atoms with Crippen LogP contribution in [0.2, 0.25) is 0 Å². The van der Waals surface area contributed by atoms with Crippen molar-refractivity contribution in [1.29, 1.82) is 0 Å². The molecule has 2 N–H and O–H groups in total. The Labute approximate surface area is 109 Å². The summed E-state index contributed by atoms with van der Waals surface area (Å²) in [5.41, 5.74) is 6.30. The topological polar surface area (TPSA) is 55.6 Å². The number of nitrogens with zero attached hydrogens (tertiary/aromatic N) is 1. The molecule has 0 bridgehead atoms. The summed E-state index contributed by atoms with van der Waals surface area (Å²) in [5.74, 6) is 0. The Morgan fingerprint density at radius 3 is 2.94 bits per heavy atom. The number of carbonyl (C=O) groups excluding carboxylic acids is 1. The molecule has 1 amide bonds. The van der Waals surface area contributed by atoms with Crippen LogP contribution in [-0.2, 0) is 4.74 Å². The maximum Gasteiger partial charge on any atom is 0.414 e. The summed E-state index contributed by atoms with van der Waals surface area (Å²) in [6, 6.07) is 7.63. The summed E-state index contributed by atoms with van der Waals surface area (Å²) in [6.07, 6.45) is 1.38. The van der Waals surface area contributed by atoms with Crippen LogP contribution in [0.25, 0.3) is 0 Å². The molecule has 1 atom stereocenters. The molecule has 5 heteroatoms. The highest BCUT2D eigenvalue weighted by atomic mass is 79.9. The smallest absolute Gasteiger partial charge is 0.414 e. The standard InChI is InChI=1S/C12H15BrN2O2/c13-10-5-1-2-6-11(10)15-8-9(4-3-7-14)17-12(15)16/h1-2,5-6,9H,3-4,7-8,14H2. The Morgan fingerprint density at radius 2 is 2.24 bits per heavy atom. The number of benzene rings is 1. The molecule has 2 rings (SSSR count). The van der Waals surface area contributed by atoms with Gasteiger partial charge in [0.2, 0.25) is 0 Å². The fourth-order valence-electron chi connectivity index (χ4n) is 1.88. The number of anilines is 1. The molecule has 4 nitrogen and oxygen atoms in total. The highest BCUT2D eigenvalue weighted by Crippen LogP contribution is 2.30. The van der Waals surface area contributed by atoms with Gasteiger partial charge in [0.15, 0.2) is 0 Å². The molecule has 1 saturated heterocycles. The van der Waals surface area contributed by atoms with Crippen molar-refractivity contribution in [3.63, 3.8) is 0 Å². The summed E-state index contributed by atoms with van der Waals surface area (Å²) < 4.78 is 6.20. The number of halogens is 1. The highest BCUT2D eigenvalue weighted by molar-refractivity contribution is 9.10. The molecule has 1 aromatic rings. The number of amides is 1. The number of cyclic esters (lactones) is 1. The van der Waals surface area contributed by atoms with Crippen LogP contribution < -0.4 is 10.6 Å². The molecule has 1 unspecified atom stereocenters. The third kappa shape index (κ3) is 2.79. The van der Waals surface area contributed by atoms with Crippen LogP contribution in [0.5, 0.6) is 0 Å². The van der Waals surface area contributed by atoms with Gasteiger partial charge in [-0.15, -0.1) is 0 Å². The van der Waals surface area contributed by atoms with Gasteiger partial charge in [-0.2, -0.15) is 0 Å². The van der Waals surface area contributed by atoms with Crippen LogP contribution >= 0.6 is 15.9 Å². The zero-order chi connectivity index (χ0) is 12.3. The molecule has 1 fully saturated rings. The average Bonchev–Trinajstić information content (AvgIpc) is 2.68. The van der Waals surface area contributed by atoms with Gasteiger partial charge in [-0.05, 0) is 47.4 Å². The number of hydrogen-bond donors (Lipinski definition) is 1. The van der Waals surface area contributed by atoms with Crippen LogP contribution in [0.3, 0.4) is 0 Å². The lowest BCUT2D eigenvalue weighted by molar-refractivity contribution is 0.136. The van der Waals surface area contributed by atoms with Crippen LogP contribution in [-0.4, -0.2) is 25.3 Å². The lowest BCUT2D eigenvalue weighted by Crippen LogP contribution is -2.24. The van der Waals surface area contributed by atoms with Crippen molar-refractivity contribution >= 4 is 27.7 Å². The van der Waals surface area contributed by atoms with E-state index in [9.17, 15) is 4.79 Å². The molecule has 0 spiro atoms. The van der Waals surface area contributed by atoms with Gasteiger partial charge in [-0.3, -0.25) is 4.90 Å². The SMILES string of the molecule is NCCCC1CN(c2ccccc2Br)C(=O)O1. The van der Waals surface area contributed by atoms with Crippen molar-refractivity contribution in [2.75, 3.05) is 18.0 Å². The van der Waals surface area contributed by atoms with Gasteiger partial charge >= 0.3 is 6.09 Å². The van der Waals surface area contributed by atoms with Gasteiger partial charge in [-0.25, -0.2) is 4.79 Å². The first-order valence-electron chi connectivity index (χ1n) is 5.65. The monoisotopic (exact) mass is 298 g/mol. The van der Waals surface area contributed by atoms with Gasteiger partial charge in [-0.1, -0.05) is 12.1 Å². The second-order valence-corrected chi connectivity index (χ2v) is 4.85. The first-order chi connectivity index (χ1) is 8.22. The molecule has 1 aliphatic heterocycles. The largest absolute Gasteiger partial charge is 0.444 e. The summed E-state index contributed by atoms with van der Waals surface area (Å²) in [6.45, 7) is 1.23. The van der Waals surface area contributed by atoms with Crippen LogP contribution in [0, 0.1) is 0 Å². The second kappa shape index (κ2) is 5.51. The quantitative estimate of drug-likeness (QED) is 0.929. The molecule has 17 heavy (non-hydrogen) atoms. The van der Waals surface area contributed by atoms with Crippen molar-refractivity contribution in [2.45, 2.75) is 18.9 Å². The highest BCUT2D eigenvalue weighted by Gasteiger charge is 2.32. The zero-order valence-electron chi connectivity index (χ0n) is 9.43. The maximum absolute atomic E-state index is 11.8. The van der Waals surface area contributed by atoms with Gasteiger partial charge in [0.1, 0.15) is 6.10 Å². The second-order valence-electron chi connectivity index (χ2n) is 4.00. The molecule has 92 valence electrons. The molecule has 1 heterocycles. The minimum atomic E-state index is -0.279. The van der Waals surface area contributed by atoms with E-state index in [2.05, 4.69) is 15.9 Å². The van der Waals surface area contributed by atoms with E-state index in [1.165, 1.54) is 0 Å². The lowest BCUT2D eigenvalue weighted by Gasteiger charge is -2.14. The van der Waals surface area contributed by atoms with Gasteiger partial charge in [0.05, 0.1) is 12.2 Å². The van der Waals surface area contributed by atoms with Crippen molar-refractivity contribution in [1.82, 2.24) is 0 Å². The Balaban J connectivity index is 2.08. The minimum absolute atomic E-state index is 0.0434. The summed E-state index contributed by atoms with van der Waals surface area (Å²) >= 11 is 3.44. The summed E-state index contributed by atoms with van der Waals surface area (Å²) in [7, 11) is 0. The van der Waals surface area contributed by atoms with Crippen LogP contribution in [0.1, 0.15) is 12.8 Å². The van der Waals surface area contributed by atoms with Gasteiger partial charge in [0, 0.05) is 4.47 Å². The normalized spacial score (nSPS) is 19.5. The van der Waals surface area contributed by atoms with Crippen LogP contribution in [0.4, 0.5) is 10.5 Å². The third-order valence-corrected chi connectivity index (χ3v) is 3.42. The summed E-state index contributed by atoms with van der Waals surface area (Å²) in [5, 5.41) is 0. The van der Waals surface area contributed by atoms with Crippen LogP contribution in [0.15, 0.2) is 28.7 Å². The first-order valence-corrected chi connectivity index (χ1v) is 6.44.